The summed E-state index contributed by atoms with van der Waals surface area (Å²) in [4.78, 5) is 19.5. The molecule has 9 nitrogen and oxygen atoms in total. The quantitative estimate of drug-likeness (QED) is 0.170. The van der Waals surface area contributed by atoms with E-state index in [1.165, 1.54) is 0 Å². The van der Waals surface area contributed by atoms with Crippen LogP contribution in [0.5, 0.6) is 11.5 Å². The minimum absolute atomic E-state index is 0.00544. The molecule has 1 fully saturated rings. The van der Waals surface area contributed by atoms with Crippen molar-refractivity contribution in [2.75, 3.05) is 26.3 Å². The molecule has 6 rings (SSSR count). The number of benzene rings is 3. The number of piperidine rings is 1. The summed E-state index contributed by atoms with van der Waals surface area (Å²) in [6, 6.07) is 15.1. The summed E-state index contributed by atoms with van der Waals surface area (Å²) in [7, 11) is 1.87. The van der Waals surface area contributed by atoms with Gasteiger partial charge in [0.1, 0.15) is 36.7 Å². The summed E-state index contributed by atoms with van der Waals surface area (Å²) in [6.07, 6.45) is 6.52. The molecular formula is C33H34ClFN6O3S. The minimum atomic E-state index is -0.631. The fourth-order valence-corrected chi connectivity index (χ4v) is 6.33. The Kier molecular flexibility index (Phi) is 9.02. The predicted molar refractivity (Wildman–Crippen MR) is 176 cm³/mol. The van der Waals surface area contributed by atoms with Crippen LogP contribution in [0.4, 0.5) is 4.39 Å². The maximum Gasteiger partial charge on any atom is 0.250 e. The van der Waals surface area contributed by atoms with Gasteiger partial charge in [0.2, 0.25) is 5.91 Å². The van der Waals surface area contributed by atoms with Crippen LogP contribution in [0.3, 0.4) is 0 Å². The Balaban J connectivity index is 1.27. The topological polar surface area (TPSA) is 100 Å². The van der Waals surface area contributed by atoms with Crippen LogP contribution in [0.2, 0.25) is 5.02 Å². The largest absolute Gasteiger partial charge is 0.489 e. The predicted octanol–water partition coefficient (Wildman–Crippen LogP) is 6.42. The molecule has 1 aliphatic heterocycles. The molecule has 0 unspecified atom stereocenters. The lowest BCUT2D eigenvalue weighted by molar-refractivity contribution is 0.0967. The first kappa shape index (κ1) is 30.9. The first-order valence-corrected chi connectivity index (χ1v) is 15.6. The SMILES string of the molecule is C[C@@H](Oc1cc(-n2cnc3cc(-c4cnn(C)c4)ccc32)cc(C(N)=O)c1S)c1cccc(OC2CCN(CCF)CC2)c1Cl. The van der Waals surface area contributed by atoms with E-state index in [2.05, 4.69) is 27.6 Å². The van der Waals surface area contributed by atoms with Gasteiger partial charge in [0.05, 0.1) is 38.4 Å². The van der Waals surface area contributed by atoms with Crippen molar-refractivity contribution in [2.45, 2.75) is 36.9 Å². The van der Waals surface area contributed by atoms with E-state index < -0.39 is 12.0 Å². The first-order valence-electron chi connectivity index (χ1n) is 14.7. The maximum atomic E-state index is 12.7. The molecule has 1 saturated heterocycles. The average Bonchev–Trinajstić information content (AvgIpc) is 3.66. The van der Waals surface area contributed by atoms with Crippen molar-refractivity contribution in [1.82, 2.24) is 24.2 Å². The van der Waals surface area contributed by atoms with Crippen LogP contribution in [0.15, 0.2) is 72.1 Å². The molecule has 0 spiro atoms. The molecule has 1 atom stereocenters. The lowest BCUT2D eigenvalue weighted by atomic mass is 10.1. The molecule has 12 heteroatoms. The van der Waals surface area contributed by atoms with Crippen LogP contribution in [0.25, 0.3) is 27.8 Å². The van der Waals surface area contributed by atoms with Crippen LogP contribution < -0.4 is 15.2 Å². The fourth-order valence-electron chi connectivity index (χ4n) is 5.71. The zero-order valence-corrected chi connectivity index (χ0v) is 26.6. The number of fused-ring (bicyclic) bond motifs is 1. The van der Waals surface area contributed by atoms with Crippen molar-refractivity contribution in [3.05, 3.63) is 83.4 Å². The average molecular weight is 649 g/mol. The van der Waals surface area contributed by atoms with Crippen molar-refractivity contribution in [3.63, 3.8) is 0 Å². The van der Waals surface area contributed by atoms with Gasteiger partial charge < -0.3 is 20.1 Å². The maximum absolute atomic E-state index is 12.7. The second-order valence-electron chi connectivity index (χ2n) is 11.2. The Bertz CT molecular complexity index is 1850. The monoisotopic (exact) mass is 648 g/mol. The van der Waals surface area contributed by atoms with Crippen molar-refractivity contribution < 1.29 is 18.7 Å². The molecule has 0 radical (unpaired) electrons. The Morgan fingerprint density at radius 2 is 1.96 bits per heavy atom. The number of rotatable bonds is 10. The number of likely N-dealkylation sites (tertiary alicyclic amines) is 1. The number of carbonyl (C=O) groups is 1. The number of halogens is 2. The highest BCUT2D eigenvalue weighted by Crippen LogP contribution is 2.38. The third kappa shape index (κ3) is 6.51. The number of carbonyl (C=O) groups excluding carboxylic acids is 1. The Hall–Kier alpha value is -4.06. The third-order valence-electron chi connectivity index (χ3n) is 8.15. The summed E-state index contributed by atoms with van der Waals surface area (Å²) in [6.45, 7) is 3.55. The highest BCUT2D eigenvalue weighted by Gasteiger charge is 2.24. The number of hydrogen-bond acceptors (Lipinski definition) is 7. The lowest BCUT2D eigenvalue weighted by Crippen LogP contribution is -2.39. The first-order chi connectivity index (χ1) is 21.7. The Labute approximate surface area is 271 Å². The van der Waals surface area contributed by atoms with Gasteiger partial charge in [-0.1, -0.05) is 29.8 Å². The molecule has 1 amide bonds. The molecule has 0 bridgehead atoms. The van der Waals surface area contributed by atoms with Crippen molar-refractivity contribution >= 4 is 41.2 Å². The number of alkyl halides is 1. The van der Waals surface area contributed by atoms with E-state index in [1.54, 1.807) is 29.3 Å². The number of aryl methyl sites for hydroxylation is 1. The summed E-state index contributed by atoms with van der Waals surface area (Å²) >= 11 is 11.5. The molecule has 45 heavy (non-hydrogen) atoms. The highest BCUT2D eigenvalue weighted by atomic mass is 35.5. The van der Waals surface area contributed by atoms with E-state index in [0.717, 1.165) is 53.7 Å². The number of imidazole rings is 1. The van der Waals surface area contributed by atoms with E-state index in [0.29, 0.717) is 33.6 Å². The summed E-state index contributed by atoms with van der Waals surface area (Å²) < 4.78 is 29.0. The van der Waals surface area contributed by atoms with Gasteiger partial charge >= 0.3 is 0 Å². The summed E-state index contributed by atoms with van der Waals surface area (Å²) in [5.74, 6) is 0.309. The number of hydrogen-bond donors (Lipinski definition) is 2. The number of nitrogens with two attached hydrogens (primary N) is 1. The molecule has 234 valence electrons. The Morgan fingerprint density at radius 1 is 1.16 bits per heavy atom. The van der Waals surface area contributed by atoms with Gasteiger partial charge in [-0.25, -0.2) is 9.37 Å². The zero-order chi connectivity index (χ0) is 31.7. The number of amides is 1. The van der Waals surface area contributed by atoms with E-state index in [-0.39, 0.29) is 18.3 Å². The number of primary amides is 1. The Morgan fingerprint density at radius 3 is 2.67 bits per heavy atom. The highest BCUT2D eigenvalue weighted by molar-refractivity contribution is 7.80. The van der Waals surface area contributed by atoms with Crippen LogP contribution in [-0.4, -0.2) is 62.6 Å². The van der Waals surface area contributed by atoms with E-state index in [4.69, 9.17) is 26.8 Å². The zero-order valence-electron chi connectivity index (χ0n) is 25.0. The van der Waals surface area contributed by atoms with Crippen LogP contribution in [0, 0.1) is 0 Å². The fraction of sp³-hybridized carbons (Fsp3) is 0.303. The second-order valence-corrected chi connectivity index (χ2v) is 12.0. The normalized spacial score (nSPS) is 15.0. The summed E-state index contributed by atoms with van der Waals surface area (Å²) in [5, 5.41) is 4.71. The lowest BCUT2D eigenvalue weighted by Gasteiger charge is -2.31. The number of aromatic nitrogens is 4. The van der Waals surface area contributed by atoms with Gasteiger partial charge in [-0.2, -0.15) is 5.10 Å². The van der Waals surface area contributed by atoms with E-state index in [1.807, 2.05) is 61.1 Å². The van der Waals surface area contributed by atoms with Gasteiger partial charge in [-0.3, -0.25) is 14.0 Å². The van der Waals surface area contributed by atoms with Crippen molar-refractivity contribution in [3.8, 4) is 28.3 Å². The molecule has 0 aliphatic carbocycles. The molecule has 3 aromatic carbocycles. The molecule has 2 N–H and O–H groups in total. The van der Waals surface area contributed by atoms with Crippen LogP contribution >= 0.6 is 24.2 Å². The molecule has 1 aliphatic rings. The molecule has 3 heterocycles. The van der Waals surface area contributed by atoms with Gasteiger partial charge in [0.25, 0.3) is 0 Å². The third-order valence-corrected chi connectivity index (χ3v) is 9.02. The molecule has 0 saturated carbocycles. The molecule has 2 aromatic heterocycles. The van der Waals surface area contributed by atoms with Gasteiger partial charge in [0.15, 0.2) is 0 Å². The second kappa shape index (κ2) is 13.1. The van der Waals surface area contributed by atoms with Crippen LogP contribution in [0.1, 0.15) is 41.8 Å². The minimum Gasteiger partial charge on any atom is -0.489 e. The number of nitrogens with zero attached hydrogens (tertiary/aromatic N) is 5. The van der Waals surface area contributed by atoms with Gasteiger partial charge in [-0.05, 0) is 49.6 Å². The van der Waals surface area contributed by atoms with Gasteiger partial charge in [-0.15, -0.1) is 12.6 Å². The molecular weight excluding hydrogens is 615 g/mol. The number of thiol groups is 1. The molecule has 5 aromatic rings. The van der Waals surface area contributed by atoms with Crippen molar-refractivity contribution in [2.24, 2.45) is 12.8 Å². The van der Waals surface area contributed by atoms with Crippen molar-refractivity contribution in [1.29, 1.82) is 0 Å². The van der Waals surface area contributed by atoms with E-state index >= 15 is 0 Å². The van der Waals surface area contributed by atoms with E-state index in [9.17, 15) is 9.18 Å². The number of ether oxygens (including phenoxy) is 2. The smallest absolute Gasteiger partial charge is 0.250 e. The summed E-state index contributed by atoms with van der Waals surface area (Å²) in [5.41, 5.74) is 10.9. The van der Waals surface area contributed by atoms with Crippen LogP contribution in [-0.2, 0) is 7.05 Å². The standard InChI is InChI=1S/C33H34ClFN6O3S/c1-20(25-4-3-5-29(31(25)34)44-24-8-11-40(12-9-24)13-10-35)43-30-16-23(15-26(32(30)45)33(36)42)41-19-37-27-14-21(6-7-28(27)41)22-17-38-39(2)18-22/h3-7,14-20,24,45H,8-13H2,1-2H3,(H2,36,42)/t20-/m1/s1. The van der Waals surface area contributed by atoms with Gasteiger partial charge in [0, 0.05) is 50.1 Å².